The number of anilines is 1. The normalized spacial score (nSPS) is 11.2. The van der Waals surface area contributed by atoms with Crippen LogP contribution in [-0.2, 0) is 38.8 Å². The van der Waals surface area contributed by atoms with Gasteiger partial charge < -0.3 is 15.6 Å². The molecule has 0 bridgehead atoms. The van der Waals surface area contributed by atoms with Crippen LogP contribution in [0.2, 0.25) is 0 Å². The van der Waals surface area contributed by atoms with E-state index in [4.69, 9.17) is 5.73 Å². The molecule has 0 atom stereocenters. The van der Waals surface area contributed by atoms with Gasteiger partial charge in [0.15, 0.2) is 0 Å². The van der Waals surface area contributed by atoms with Crippen LogP contribution in [-0.4, -0.2) is 37.0 Å². The number of nitrogens with zero attached hydrogens (tertiary/aromatic N) is 5. The molecule has 2 heterocycles. The maximum Gasteiger partial charge on any atom is 0.251 e. The lowest BCUT2D eigenvalue weighted by atomic mass is 10.1. The molecule has 3 N–H and O–H groups in total. The summed E-state index contributed by atoms with van der Waals surface area (Å²) in [5.41, 5.74) is 13.0. The van der Waals surface area contributed by atoms with E-state index in [2.05, 4.69) is 75.4 Å². The van der Waals surface area contributed by atoms with Gasteiger partial charge in [-0.25, -0.2) is 4.98 Å². The summed E-state index contributed by atoms with van der Waals surface area (Å²) in [6, 6.07) is 16.8. The highest BCUT2D eigenvalue weighted by atomic mass is 16.1. The second kappa shape index (κ2) is 17.2. The van der Waals surface area contributed by atoms with Crippen molar-refractivity contribution in [2.75, 3.05) is 12.3 Å². The number of nitrogens with one attached hydrogen (secondary N) is 1. The number of nitrogens with two attached hydrogens (primary N) is 1. The Hall–Kier alpha value is -3.94. The van der Waals surface area contributed by atoms with E-state index < -0.39 is 0 Å². The standard InChI is InChI=1S/C35H49N7O/c1-3-5-8-12-29-19-21-31(22-20-29)34(43)37-23-24-41-27-32(39-40-41)13-9-7-10-14-33-25-38-35(36)42(33)26-30-17-15-28(16-18-30)11-6-4-2/h15-22,25,27H,3-14,23-24,26H2,1-2H3,(H2,36,38)(H,37,43). The molecule has 230 valence electrons. The average Bonchev–Trinajstić information content (AvgIpc) is 3.62. The minimum Gasteiger partial charge on any atom is -0.369 e. The van der Waals surface area contributed by atoms with Gasteiger partial charge in [-0.15, -0.1) is 5.10 Å². The first kappa shape index (κ1) is 32.0. The number of benzene rings is 2. The molecule has 1 amide bonds. The van der Waals surface area contributed by atoms with Crippen LogP contribution in [0.4, 0.5) is 5.95 Å². The highest BCUT2D eigenvalue weighted by Gasteiger charge is 2.09. The topological polar surface area (TPSA) is 104 Å². The van der Waals surface area contributed by atoms with Crippen LogP contribution in [0, 0.1) is 0 Å². The van der Waals surface area contributed by atoms with Crippen molar-refractivity contribution >= 4 is 11.9 Å². The van der Waals surface area contributed by atoms with E-state index in [9.17, 15) is 4.79 Å². The van der Waals surface area contributed by atoms with Crippen molar-refractivity contribution in [3.63, 3.8) is 0 Å². The smallest absolute Gasteiger partial charge is 0.251 e. The summed E-state index contributed by atoms with van der Waals surface area (Å²) in [4.78, 5) is 16.9. The molecule has 0 spiro atoms. The SMILES string of the molecule is CCCCCc1ccc(C(=O)NCCn2cc(CCCCCc3cnc(N)n3Cc3ccc(CCCC)cc3)nn2)cc1. The van der Waals surface area contributed by atoms with E-state index in [1.54, 1.807) is 0 Å². The summed E-state index contributed by atoms with van der Waals surface area (Å²) >= 11 is 0. The third kappa shape index (κ3) is 10.4. The maximum absolute atomic E-state index is 12.5. The van der Waals surface area contributed by atoms with E-state index in [0.717, 1.165) is 57.2 Å². The molecule has 8 heteroatoms. The van der Waals surface area contributed by atoms with Gasteiger partial charge in [0.05, 0.1) is 25.0 Å². The average molecular weight is 584 g/mol. The zero-order valence-electron chi connectivity index (χ0n) is 26.1. The Bertz CT molecular complexity index is 1370. The Kier molecular flexibility index (Phi) is 12.8. The quantitative estimate of drug-likeness (QED) is 0.122. The highest BCUT2D eigenvalue weighted by Crippen LogP contribution is 2.16. The van der Waals surface area contributed by atoms with Crippen molar-refractivity contribution in [1.29, 1.82) is 0 Å². The van der Waals surface area contributed by atoms with Gasteiger partial charge in [0.25, 0.3) is 5.91 Å². The Balaban J connectivity index is 1.13. The maximum atomic E-state index is 12.5. The molecule has 43 heavy (non-hydrogen) atoms. The Morgan fingerprint density at radius 1 is 0.791 bits per heavy atom. The van der Waals surface area contributed by atoms with E-state index in [1.807, 2.05) is 29.2 Å². The van der Waals surface area contributed by atoms with Gasteiger partial charge in [-0.3, -0.25) is 9.48 Å². The summed E-state index contributed by atoms with van der Waals surface area (Å²) in [7, 11) is 0. The van der Waals surface area contributed by atoms with Crippen LogP contribution < -0.4 is 11.1 Å². The van der Waals surface area contributed by atoms with Crippen molar-refractivity contribution in [3.05, 3.63) is 94.6 Å². The van der Waals surface area contributed by atoms with Gasteiger partial charge in [-0.05, 0) is 80.2 Å². The molecule has 0 aliphatic heterocycles. The molecule has 4 aromatic rings. The van der Waals surface area contributed by atoms with E-state index in [0.29, 0.717) is 24.6 Å². The summed E-state index contributed by atoms with van der Waals surface area (Å²) in [6.45, 7) is 6.30. The van der Waals surface area contributed by atoms with Crippen LogP contribution in [0.15, 0.2) is 60.9 Å². The molecule has 2 aromatic heterocycles. The Labute approximate surface area is 257 Å². The molecule has 0 radical (unpaired) electrons. The number of rotatable bonds is 19. The molecule has 0 aliphatic carbocycles. The minimum absolute atomic E-state index is 0.0520. The number of aryl methyl sites for hydroxylation is 4. The number of amides is 1. The second-order valence-corrected chi connectivity index (χ2v) is 11.6. The van der Waals surface area contributed by atoms with Crippen molar-refractivity contribution in [3.8, 4) is 0 Å². The number of hydrogen-bond acceptors (Lipinski definition) is 5. The first-order valence-corrected chi connectivity index (χ1v) is 16.2. The predicted octanol–water partition coefficient (Wildman–Crippen LogP) is 6.57. The summed E-state index contributed by atoms with van der Waals surface area (Å²) < 4.78 is 3.94. The fourth-order valence-electron chi connectivity index (χ4n) is 5.32. The van der Waals surface area contributed by atoms with Crippen LogP contribution in [0.3, 0.4) is 0 Å². The molecular weight excluding hydrogens is 534 g/mol. The van der Waals surface area contributed by atoms with Gasteiger partial charge in [0.1, 0.15) is 0 Å². The number of imidazole rings is 1. The summed E-state index contributed by atoms with van der Waals surface area (Å²) in [5, 5.41) is 11.6. The molecule has 0 fully saturated rings. The van der Waals surface area contributed by atoms with Crippen molar-refractivity contribution in [1.82, 2.24) is 29.9 Å². The van der Waals surface area contributed by atoms with Gasteiger partial charge in [-0.2, -0.15) is 0 Å². The zero-order chi connectivity index (χ0) is 30.3. The summed E-state index contributed by atoms with van der Waals surface area (Å²) in [6.07, 6.45) is 17.3. The Morgan fingerprint density at radius 3 is 2.19 bits per heavy atom. The number of carbonyl (C=O) groups excluding carboxylic acids is 1. The molecular formula is C35H49N7O. The van der Waals surface area contributed by atoms with Crippen molar-refractivity contribution in [2.24, 2.45) is 0 Å². The first-order valence-electron chi connectivity index (χ1n) is 16.2. The molecule has 0 saturated carbocycles. The molecule has 4 rings (SSSR count). The van der Waals surface area contributed by atoms with Crippen molar-refractivity contribution < 1.29 is 4.79 Å². The fraction of sp³-hybridized carbons (Fsp3) is 0.486. The van der Waals surface area contributed by atoms with Crippen molar-refractivity contribution in [2.45, 2.75) is 104 Å². The van der Waals surface area contributed by atoms with E-state index in [1.165, 1.54) is 54.5 Å². The van der Waals surface area contributed by atoms with Gasteiger partial charge >= 0.3 is 0 Å². The van der Waals surface area contributed by atoms with E-state index in [-0.39, 0.29) is 5.91 Å². The van der Waals surface area contributed by atoms with Crippen LogP contribution in [0.1, 0.15) is 104 Å². The van der Waals surface area contributed by atoms with Gasteiger partial charge in [0, 0.05) is 24.0 Å². The Morgan fingerprint density at radius 2 is 1.44 bits per heavy atom. The minimum atomic E-state index is -0.0520. The lowest BCUT2D eigenvalue weighted by molar-refractivity contribution is 0.0952. The van der Waals surface area contributed by atoms with Crippen LogP contribution >= 0.6 is 0 Å². The lowest BCUT2D eigenvalue weighted by Gasteiger charge is -2.11. The highest BCUT2D eigenvalue weighted by molar-refractivity contribution is 5.94. The summed E-state index contributed by atoms with van der Waals surface area (Å²) in [5.74, 6) is 0.525. The van der Waals surface area contributed by atoms with Gasteiger partial charge in [0.2, 0.25) is 5.95 Å². The number of nitrogen functional groups attached to an aromatic ring is 1. The van der Waals surface area contributed by atoms with E-state index >= 15 is 0 Å². The third-order valence-electron chi connectivity index (χ3n) is 8.02. The third-order valence-corrected chi connectivity index (χ3v) is 8.02. The molecule has 2 aromatic carbocycles. The largest absolute Gasteiger partial charge is 0.369 e. The van der Waals surface area contributed by atoms with Crippen LogP contribution in [0.5, 0.6) is 0 Å². The molecule has 0 unspecified atom stereocenters. The number of aromatic nitrogens is 5. The number of carbonyl (C=O) groups is 1. The van der Waals surface area contributed by atoms with Crippen LogP contribution in [0.25, 0.3) is 0 Å². The first-order chi connectivity index (χ1) is 21.1. The molecule has 0 aliphatic rings. The van der Waals surface area contributed by atoms with Gasteiger partial charge in [-0.1, -0.05) is 81.1 Å². The molecule has 8 nitrogen and oxygen atoms in total. The number of hydrogen-bond donors (Lipinski definition) is 2. The zero-order valence-corrected chi connectivity index (χ0v) is 26.1. The number of unbranched alkanes of at least 4 members (excludes halogenated alkanes) is 5. The molecule has 0 saturated heterocycles. The monoisotopic (exact) mass is 583 g/mol. The lowest BCUT2D eigenvalue weighted by Crippen LogP contribution is -2.27. The fourth-order valence-corrected chi connectivity index (χ4v) is 5.32. The second-order valence-electron chi connectivity index (χ2n) is 11.6. The predicted molar refractivity (Wildman–Crippen MR) is 174 cm³/mol.